The van der Waals surface area contributed by atoms with E-state index < -0.39 is 0 Å². The van der Waals surface area contributed by atoms with Gasteiger partial charge in [-0.05, 0) is 52.7 Å². The van der Waals surface area contributed by atoms with Gasteiger partial charge in [-0.15, -0.1) is 0 Å². The second-order valence-corrected chi connectivity index (χ2v) is 5.04. The first-order chi connectivity index (χ1) is 8.76. The Kier molecular flexibility index (Phi) is 8.01. The molecule has 0 saturated carbocycles. The van der Waals surface area contributed by atoms with Crippen molar-refractivity contribution in [3.05, 3.63) is 0 Å². The topological polar surface area (TPSA) is 41.6 Å². The van der Waals surface area contributed by atoms with E-state index in [2.05, 4.69) is 10.2 Å². The van der Waals surface area contributed by atoms with Gasteiger partial charge in [-0.2, -0.15) is 0 Å². The lowest BCUT2D eigenvalue weighted by Crippen LogP contribution is -2.44. The summed E-state index contributed by atoms with van der Waals surface area (Å²) >= 11 is 0. The molecule has 1 unspecified atom stereocenters. The number of piperidine rings is 1. The zero-order valence-corrected chi connectivity index (χ0v) is 11.9. The zero-order chi connectivity index (χ0) is 13.2. The molecular formula is C14H28N2O2. The van der Waals surface area contributed by atoms with Crippen molar-refractivity contribution in [2.75, 3.05) is 33.3 Å². The lowest BCUT2D eigenvalue weighted by Gasteiger charge is -2.32. The number of ether oxygens (including phenoxy) is 1. The van der Waals surface area contributed by atoms with Gasteiger partial charge in [0.2, 0.25) is 0 Å². The van der Waals surface area contributed by atoms with Gasteiger partial charge in [-0.1, -0.05) is 6.42 Å². The molecule has 1 rings (SSSR count). The Morgan fingerprint density at radius 3 is 2.94 bits per heavy atom. The number of carbonyl (C=O) groups is 1. The van der Waals surface area contributed by atoms with Gasteiger partial charge >= 0.3 is 5.97 Å². The molecule has 0 aromatic carbocycles. The van der Waals surface area contributed by atoms with E-state index in [1.54, 1.807) is 0 Å². The maximum absolute atomic E-state index is 11.1. The molecule has 1 aliphatic rings. The van der Waals surface area contributed by atoms with Gasteiger partial charge in [-0.3, -0.25) is 4.79 Å². The molecule has 1 saturated heterocycles. The smallest absolute Gasteiger partial charge is 0.305 e. The van der Waals surface area contributed by atoms with Crippen LogP contribution in [0.4, 0.5) is 0 Å². The molecule has 106 valence electrons. The first-order valence-corrected chi connectivity index (χ1v) is 7.31. The molecule has 1 aliphatic heterocycles. The normalized spacial score (nSPS) is 20.9. The van der Waals surface area contributed by atoms with E-state index >= 15 is 0 Å². The van der Waals surface area contributed by atoms with Crippen LogP contribution < -0.4 is 5.32 Å². The quantitative estimate of drug-likeness (QED) is 0.531. The Bertz CT molecular complexity index is 234. The Hall–Kier alpha value is -0.610. The minimum atomic E-state index is -0.0503. The molecule has 0 aliphatic carbocycles. The number of likely N-dealkylation sites (N-methyl/N-ethyl adjacent to an activating group) is 1. The molecular weight excluding hydrogens is 228 g/mol. The third-order valence-corrected chi connectivity index (χ3v) is 3.57. The van der Waals surface area contributed by atoms with Gasteiger partial charge in [-0.25, -0.2) is 0 Å². The van der Waals surface area contributed by atoms with Gasteiger partial charge in [0, 0.05) is 19.0 Å². The van der Waals surface area contributed by atoms with Crippen molar-refractivity contribution in [3.63, 3.8) is 0 Å². The fourth-order valence-corrected chi connectivity index (χ4v) is 2.51. The molecule has 0 aromatic heterocycles. The van der Waals surface area contributed by atoms with Gasteiger partial charge < -0.3 is 15.0 Å². The first kappa shape index (κ1) is 15.4. The average Bonchev–Trinajstić information content (AvgIpc) is 2.39. The molecule has 0 bridgehead atoms. The number of nitrogens with one attached hydrogen (secondary N) is 1. The predicted octanol–water partition coefficient (Wildman–Crippen LogP) is 1.79. The zero-order valence-electron chi connectivity index (χ0n) is 11.9. The lowest BCUT2D eigenvalue weighted by molar-refractivity contribution is -0.143. The summed E-state index contributed by atoms with van der Waals surface area (Å²) in [4.78, 5) is 13.7. The van der Waals surface area contributed by atoms with Crippen LogP contribution >= 0.6 is 0 Å². The van der Waals surface area contributed by atoms with Crippen molar-refractivity contribution in [3.8, 4) is 0 Å². The minimum absolute atomic E-state index is 0.0503. The number of rotatable bonds is 8. The minimum Gasteiger partial charge on any atom is -0.466 e. The standard InChI is InChI=1S/C14H28N2O2/c1-3-18-14(17)9-5-4-6-10-16-11-7-8-13(12-16)15-2/h13,15H,3-12H2,1-2H3. The van der Waals surface area contributed by atoms with Crippen molar-refractivity contribution in [1.82, 2.24) is 10.2 Å². The van der Waals surface area contributed by atoms with Crippen LogP contribution in [0.2, 0.25) is 0 Å². The summed E-state index contributed by atoms with van der Waals surface area (Å²) < 4.78 is 4.91. The second kappa shape index (κ2) is 9.34. The molecule has 0 aromatic rings. The summed E-state index contributed by atoms with van der Waals surface area (Å²) in [7, 11) is 2.05. The van der Waals surface area contributed by atoms with E-state index in [9.17, 15) is 4.79 Å². The van der Waals surface area contributed by atoms with Crippen molar-refractivity contribution in [2.45, 2.75) is 51.5 Å². The fourth-order valence-electron chi connectivity index (χ4n) is 2.51. The number of unbranched alkanes of at least 4 members (excludes halogenated alkanes) is 2. The summed E-state index contributed by atoms with van der Waals surface area (Å²) in [6.45, 7) is 5.93. The molecule has 4 nitrogen and oxygen atoms in total. The van der Waals surface area contributed by atoms with E-state index in [1.165, 1.54) is 38.9 Å². The van der Waals surface area contributed by atoms with Gasteiger partial charge in [0.15, 0.2) is 0 Å². The molecule has 4 heteroatoms. The van der Waals surface area contributed by atoms with Gasteiger partial charge in [0.25, 0.3) is 0 Å². The summed E-state index contributed by atoms with van der Waals surface area (Å²) in [6, 6.07) is 0.665. The number of esters is 1. The Balaban J connectivity index is 1.98. The Morgan fingerprint density at radius 2 is 2.22 bits per heavy atom. The highest BCUT2D eigenvalue weighted by atomic mass is 16.5. The third kappa shape index (κ3) is 6.36. The van der Waals surface area contributed by atoms with Crippen LogP contribution in [0.3, 0.4) is 0 Å². The van der Waals surface area contributed by atoms with E-state index in [0.29, 0.717) is 19.1 Å². The molecule has 1 N–H and O–H groups in total. The van der Waals surface area contributed by atoms with Crippen LogP contribution in [0.5, 0.6) is 0 Å². The second-order valence-electron chi connectivity index (χ2n) is 5.04. The molecule has 1 fully saturated rings. The summed E-state index contributed by atoms with van der Waals surface area (Å²) in [5.74, 6) is -0.0503. The van der Waals surface area contributed by atoms with E-state index in [4.69, 9.17) is 4.74 Å². The fraction of sp³-hybridized carbons (Fsp3) is 0.929. The van der Waals surface area contributed by atoms with Crippen LogP contribution in [0, 0.1) is 0 Å². The van der Waals surface area contributed by atoms with Gasteiger partial charge in [0.05, 0.1) is 6.61 Å². The molecule has 18 heavy (non-hydrogen) atoms. The molecule has 1 atom stereocenters. The number of hydrogen-bond donors (Lipinski definition) is 1. The van der Waals surface area contributed by atoms with Crippen LogP contribution in [-0.4, -0.2) is 50.2 Å². The Morgan fingerprint density at radius 1 is 1.39 bits per heavy atom. The highest BCUT2D eigenvalue weighted by Gasteiger charge is 2.17. The number of likely N-dealkylation sites (tertiary alicyclic amines) is 1. The Labute approximate surface area is 111 Å². The third-order valence-electron chi connectivity index (χ3n) is 3.57. The van der Waals surface area contributed by atoms with Crippen LogP contribution in [0.1, 0.15) is 45.4 Å². The SMILES string of the molecule is CCOC(=O)CCCCCN1CCCC(NC)C1. The van der Waals surface area contributed by atoms with Crippen molar-refractivity contribution >= 4 is 5.97 Å². The van der Waals surface area contributed by atoms with Crippen LogP contribution in [-0.2, 0) is 9.53 Å². The van der Waals surface area contributed by atoms with E-state index in [0.717, 1.165) is 12.8 Å². The average molecular weight is 256 g/mol. The molecule has 0 radical (unpaired) electrons. The van der Waals surface area contributed by atoms with Gasteiger partial charge in [0.1, 0.15) is 0 Å². The molecule has 0 amide bonds. The highest BCUT2D eigenvalue weighted by Crippen LogP contribution is 2.11. The van der Waals surface area contributed by atoms with Crippen LogP contribution in [0.15, 0.2) is 0 Å². The van der Waals surface area contributed by atoms with Crippen molar-refractivity contribution < 1.29 is 9.53 Å². The number of nitrogens with zero attached hydrogens (tertiary/aromatic N) is 1. The molecule has 0 spiro atoms. The monoisotopic (exact) mass is 256 g/mol. The number of carbonyl (C=O) groups excluding carboxylic acids is 1. The summed E-state index contributed by atoms with van der Waals surface area (Å²) in [5, 5.41) is 3.36. The van der Waals surface area contributed by atoms with Crippen LogP contribution in [0.25, 0.3) is 0 Å². The van der Waals surface area contributed by atoms with E-state index in [-0.39, 0.29) is 5.97 Å². The maximum atomic E-state index is 11.1. The van der Waals surface area contributed by atoms with E-state index in [1.807, 2.05) is 14.0 Å². The van der Waals surface area contributed by atoms with Crippen molar-refractivity contribution in [2.24, 2.45) is 0 Å². The molecule has 1 heterocycles. The first-order valence-electron chi connectivity index (χ1n) is 7.31. The summed E-state index contributed by atoms with van der Waals surface area (Å²) in [5.41, 5.74) is 0. The number of hydrogen-bond acceptors (Lipinski definition) is 4. The highest BCUT2D eigenvalue weighted by molar-refractivity contribution is 5.69. The van der Waals surface area contributed by atoms with Crippen molar-refractivity contribution in [1.29, 1.82) is 0 Å². The maximum Gasteiger partial charge on any atom is 0.305 e. The largest absolute Gasteiger partial charge is 0.466 e. The summed E-state index contributed by atoms with van der Waals surface area (Å²) in [6.07, 6.45) is 6.45. The lowest BCUT2D eigenvalue weighted by atomic mass is 10.1. The predicted molar refractivity (Wildman–Crippen MR) is 73.6 cm³/mol.